The Labute approximate surface area is 215 Å². The molecule has 1 aromatic carbocycles. The minimum Gasteiger partial charge on any atom is -0.463 e. The molecule has 0 amide bonds. The van der Waals surface area contributed by atoms with Gasteiger partial charge in [-0.2, -0.15) is 20.1 Å². The third-order valence-corrected chi connectivity index (χ3v) is 6.83. The standard InChI is InChI=1S/C26H30N8O3/c1-2-7-22-21(6-1)19(17-28-22)18-29-33-23-30-24(34-12-9-26(10-13-34)36-15-16-37-26)32-25(31-23)35-14-8-20-5-3-4-11-27-20/h1-7,11,18-19,28H,8-10,12-17H2,(H,30,31,32,33)/b29-18+. The molecule has 1 atom stereocenters. The van der Waals surface area contributed by atoms with Gasteiger partial charge in [0.25, 0.3) is 5.95 Å². The second kappa shape index (κ2) is 10.7. The summed E-state index contributed by atoms with van der Waals surface area (Å²) in [6.07, 6.45) is 5.81. The summed E-state index contributed by atoms with van der Waals surface area (Å²) in [4.78, 5) is 20.1. The number of ether oxygens (including phenoxy) is 3. The van der Waals surface area contributed by atoms with E-state index in [0.29, 0.717) is 51.2 Å². The summed E-state index contributed by atoms with van der Waals surface area (Å²) >= 11 is 0. The molecule has 192 valence electrons. The van der Waals surface area contributed by atoms with E-state index in [1.54, 1.807) is 6.20 Å². The number of nitrogens with one attached hydrogen (secondary N) is 2. The van der Waals surface area contributed by atoms with Gasteiger partial charge in [0, 0.05) is 68.6 Å². The maximum absolute atomic E-state index is 5.92. The second-order valence-corrected chi connectivity index (χ2v) is 9.22. The molecule has 0 aliphatic carbocycles. The Balaban J connectivity index is 1.16. The largest absolute Gasteiger partial charge is 0.463 e. The van der Waals surface area contributed by atoms with Crippen molar-refractivity contribution in [3.8, 4) is 6.01 Å². The Morgan fingerprint density at radius 2 is 1.92 bits per heavy atom. The minimum atomic E-state index is -0.470. The summed E-state index contributed by atoms with van der Waals surface area (Å²) in [6.45, 7) is 3.92. The van der Waals surface area contributed by atoms with Crippen LogP contribution in [-0.2, 0) is 15.9 Å². The van der Waals surface area contributed by atoms with Gasteiger partial charge in [-0.25, -0.2) is 5.43 Å². The summed E-state index contributed by atoms with van der Waals surface area (Å²) in [5.41, 5.74) is 6.30. The van der Waals surface area contributed by atoms with Crippen LogP contribution in [0, 0.1) is 0 Å². The quantitative estimate of drug-likeness (QED) is 0.352. The lowest BCUT2D eigenvalue weighted by atomic mass is 10.0. The van der Waals surface area contributed by atoms with E-state index in [9.17, 15) is 0 Å². The van der Waals surface area contributed by atoms with Gasteiger partial charge in [-0.3, -0.25) is 4.98 Å². The fourth-order valence-electron chi connectivity index (χ4n) is 4.86. The van der Waals surface area contributed by atoms with Crippen LogP contribution in [0.3, 0.4) is 0 Å². The molecular formula is C26H30N8O3. The van der Waals surface area contributed by atoms with Gasteiger partial charge in [0.05, 0.1) is 19.8 Å². The van der Waals surface area contributed by atoms with Crippen molar-refractivity contribution in [1.29, 1.82) is 0 Å². The number of aromatic nitrogens is 4. The van der Waals surface area contributed by atoms with Crippen molar-refractivity contribution in [3.63, 3.8) is 0 Å². The first-order valence-electron chi connectivity index (χ1n) is 12.7. The van der Waals surface area contributed by atoms with Crippen molar-refractivity contribution >= 4 is 23.8 Å². The Kier molecular flexibility index (Phi) is 6.78. The molecule has 3 aliphatic heterocycles. The molecule has 2 aromatic heterocycles. The predicted octanol–water partition coefficient (Wildman–Crippen LogP) is 2.84. The smallest absolute Gasteiger partial charge is 0.323 e. The third kappa shape index (κ3) is 5.47. The van der Waals surface area contributed by atoms with Gasteiger partial charge < -0.3 is 24.4 Å². The fraction of sp³-hybridized carbons (Fsp3) is 0.423. The lowest BCUT2D eigenvalue weighted by Gasteiger charge is -2.37. The summed E-state index contributed by atoms with van der Waals surface area (Å²) in [5, 5.41) is 7.85. The topological polar surface area (TPSA) is 119 Å². The highest BCUT2D eigenvalue weighted by atomic mass is 16.7. The minimum absolute atomic E-state index is 0.170. The number of hydrogen-bond donors (Lipinski definition) is 2. The van der Waals surface area contributed by atoms with Crippen molar-refractivity contribution in [3.05, 3.63) is 59.9 Å². The molecule has 1 spiro atoms. The van der Waals surface area contributed by atoms with Crippen molar-refractivity contribution in [2.75, 3.05) is 55.1 Å². The summed E-state index contributed by atoms with van der Waals surface area (Å²) in [6, 6.07) is 14.3. The third-order valence-electron chi connectivity index (χ3n) is 6.83. The zero-order valence-corrected chi connectivity index (χ0v) is 20.5. The van der Waals surface area contributed by atoms with E-state index in [0.717, 1.165) is 30.8 Å². The molecule has 11 nitrogen and oxygen atoms in total. The summed E-state index contributed by atoms with van der Waals surface area (Å²) in [5.74, 6) is 0.578. The molecule has 1 unspecified atom stereocenters. The SMILES string of the molecule is C(=N\Nc1nc(OCCc2ccccn2)nc(N2CCC3(CC2)OCCO3)n1)/C1CNc2ccccc21. The number of piperidine rings is 1. The molecule has 5 heterocycles. The molecule has 2 saturated heterocycles. The van der Waals surface area contributed by atoms with Crippen LogP contribution in [0.25, 0.3) is 0 Å². The van der Waals surface area contributed by atoms with E-state index in [2.05, 4.69) is 52.8 Å². The Morgan fingerprint density at radius 1 is 1.08 bits per heavy atom. The number of benzene rings is 1. The van der Waals surface area contributed by atoms with E-state index in [1.165, 1.54) is 5.56 Å². The van der Waals surface area contributed by atoms with Crippen LogP contribution < -0.4 is 20.4 Å². The first-order chi connectivity index (χ1) is 18.3. The maximum atomic E-state index is 5.92. The van der Waals surface area contributed by atoms with Crippen LogP contribution in [-0.4, -0.2) is 71.4 Å². The molecule has 11 heteroatoms. The van der Waals surface area contributed by atoms with Crippen molar-refractivity contribution in [2.24, 2.45) is 5.10 Å². The molecule has 3 aliphatic rings. The van der Waals surface area contributed by atoms with E-state index in [4.69, 9.17) is 14.2 Å². The van der Waals surface area contributed by atoms with Crippen molar-refractivity contribution in [2.45, 2.75) is 31.0 Å². The highest BCUT2D eigenvalue weighted by Crippen LogP contribution is 2.33. The Bertz CT molecular complexity index is 1230. The van der Waals surface area contributed by atoms with Crippen LogP contribution in [0.1, 0.15) is 30.0 Å². The van der Waals surface area contributed by atoms with Gasteiger partial charge in [-0.15, -0.1) is 0 Å². The van der Waals surface area contributed by atoms with Crippen LogP contribution in [0.15, 0.2) is 53.8 Å². The molecule has 0 radical (unpaired) electrons. The Hall–Kier alpha value is -3.83. The number of para-hydroxylation sites is 1. The number of hydrazone groups is 1. The van der Waals surface area contributed by atoms with Gasteiger partial charge in [0.2, 0.25) is 5.95 Å². The predicted molar refractivity (Wildman–Crippen MR) is 139 cm³/mol. The fourth-order valence-corrected chi connectivity index (χ4v) is 4.86. The molecular weight excluding hydrogens is 472 g/mol. The number of nitrogens with zero attached hydrogens (tertiary/aromatic N) is 6. The first kappa shape index (κ1) is 23.6. The average molecular weight is 503 g/mol. The summed E-state index contributed by atoms with van der Waals surface area (Å²) < 4.78 is 17.7. The Morgan fingerprint density at radius 3 is 2.76 bits per heavy atom. The van der Waals surface area contributed by atoms with E-state index in [1.807, 2.05) is 36.5 Å². The summed E-state index contributed by atoms with van der Waals surface area (Å²) in [7, 11) is 0. The second-order valence-electron chi connectivity index (χ2n) is 9.22. The molecule has 2 fully saturated rings. The van der Waals surface area contributed by atoms with Crippen molar-refractivity contribution < 1.29 is 14.2 Å². The number of hydrogen-bond acceptors (Lipinski definition) is 11. The number of anilines is 3. The van der Waals surface area contributed by atoms with Crippen LogP contribution in [0.4, 0.5) is 17.6 Å². The average Bonchev–Trinajstić information content (AvgIpc) is 3.57. The first-order valence-corrected chi connectivity index (χ1v) is 12.7. The normalized spacial score (nSPS) is 20.2. The molecule has 0 bridgehead atoms. The molecule has 3 aromatic rings. The molecule has 37 heavy (non-hydrogen) atoms. The van der Waals surface area contributed by atoms with E-state index >= 15 is 0 Å². The highest BCUT2D eigenvalue weighted by Gasteiger charge is 2.40. The van der Waals surface area contributed by atoms with Gasteiger partial charge in [-0.1, -0.05) is 24.3 Å². The molecule has 6 rings (SSSR count). The van der Waals surface area contributed by atoms with Crippen LogP contribution in [0.2, 0.25) is 0 Å². The lowest BCUT2D eigenvalue weighted by molar-refractivity contribution is -0.169. The van der Waals surface area contributed by atoms with Gasteiger partial charge in [0.1, 0.15) is 0 Å². The molecule has 0 saturated carbocycles. The lowest BCUT2D eigenvalue weighted by Crippen LogP contribution is -2.45. The van der Waals surface area contributed by atoms with E-state index in [-0.39, 0.29) is 11.9 Å². The van der Waals surface area contributed by atoms with Gasteiger partial charge in [0.15, 0.2) is 5.79 Å². The van der Waals surface area contributed by atoms with E-state index < -0.39 is 5.79 Å². The highest BCUT2D eigenvalue weighted by molar-refractivity contribution is 5.76. The zero-order valence-electron chi connectivity index (χ0n) is 20.5. The number of pyridine rings is 1. The number of fused-ring (bicyclic) bond motifs is 1. The number of rotatable bonds is 8. The van der Waals surface area contributed by atoms with Gasteiger partial charge in [-0.05, 0) is 23.8 Å². The van der Waals surface area contributed by atoms with Gasteiger partial charge >= 0.3 is 6.01 Å². The van der Waals surface area contributed by atoms with Crippen LogP contribution in [0.5, 0.6) is 6.01 Å². The molecule has 2 N–H and O–H groups in total. The van der Waals surface area contributed by atoms with Crippen LogP contribution >= 0.6 is 0 Å². The van der Waals surface area contributed by atoms with Crippen molar-refractivity contribution in [1.82, 2.24) is 19.9 Å². The zero-order chi connectivity index (χ0) is 24.9. The maximum Gasteiger partial charge on any atom is 0.323 e. The monoisotopic (exact) mass is 502 g/mol.